The minimum atomic E-state index is -0.296. The third-order valence-corrected chi connectivity index (χ3v) is 3.28. The predicted molar refractivity (Wildman–Crippen MR) is 74.8 cm³/mol. The Morgan fingerprint density at radius 3 is 2.79 bits per heavy atom. The summed E-state index contributed by atoms with van der Waals surface area (Å²) in [7, 11) is 0. The van der Waals surface area contributed by atoms with E-state index in [9.17, 15) is 4.79 Å². The van der Waals surface area contributed by atoms with Crippen molar-refractivity contribution in [2.45, 2.75) is 27.2 Å². The van der Waals surface area contributed by atoms with Gasteiger partial charge >= 0.3 is 0 Å². The third-order valence-electron chi connectivity index (χ3n) is 2.95. The molecular weight excluding hydrogens is 264 g/mol. The van der Waals surface area contributed by atoms with Crippen molar-refractivity contribution < 1.29 is 9.32 Å². The van der Waals surface area contributed by atoms with Crippen LogP contribution in [-0.4, -0.2) is 11.1 Å². The second-order valence-corrected chi connectivity index (χ2v) is 4.78. The SMILES string of the molecule is CCc1noc(NC(=O)c2cc(C)ccc2Cl)c1C. The lowest BCUT2D eigenvalue weighted by Gasteiger charge is -2.05. The Morgan fingerprint density at radius 2 is 2.16 bits per heavy atom. The lowest BCUT2D eigenvalue weighted by atomic mass is 10.1. The van der Waals surface area contributed by atoms with Gasteiger partial charge in [-0.05, 0) is 32.4 Å². The summed E-state index contributed by atoms with van der Waals surface area (Å²) in [6.45, 7) is 5.75. The van der Waals surface area contributed by atoms with E-state index in [2.05, 4.69) is 10.5 Å². The molecular formula is C14H15ClN2O2. The molecule has 2 aromatic rings. The first-order chi connectivity index (χ1) is 9.02. The van der Waals surface area contributed by atoms with Gasteiger partial charge in [0.15, 0.2) is 0 Å². The molecule has 0 unspecified atom stereocenters. The molecule has 1 heterocycles. The van der Waals surface area contributed by atoms with Gasteiger partial charge in [0.05, 0.1) is 16.3 Å². The summed E-state index contributed by atoms with van der Waals surface area (Å²) < 4.78 is 5.12. The summed E-state index contributed by atoms with van der Waals surface area (Å²) in [5.41, 5.74) is 3.08. The maximum Gasteiger partial charge on any atom is 0.259 e. The van der Waals surface area contributed by atoms with E-state index in [0.717, 1.165) is 23.2 Å². The summed E-state index contributed by atoms with van der Waals surface area (Å²) in [5, 5.41) is 7.01. The number of hydrogen-bond acceptors (Lipinski definition) is 3. The lowest BCUT2D eigenvalue weighted by molar-refractivity contribution is 0.102. The molecule has 0 aliphatic rings. The van der Waals surface area contributed by atoms with Crippen LogP contribution in [0.5, 0.6) is 0 Å². The molecule has 0 saturated heterocycles. The van der Waals surface area contributed by atoms with Crippen LogP contribution in [0, 0.1) is 13.8 Å². The van der Waals surface area contributed by atoms with Crippen LogP contribution in [0.1, 0.15) is 34.1 Å². The maximum absolute atomic E-state index is 12.2. The second kappa shape index (κ2) is 5.45. The molecule has 0 bridgehead atoms. The Balaban J connectivity index is 2.25. The van der Waals surface area contributed by atoms with Crippen LogP contribution in [0.2, 0.25) is 5.02 Å². The van der Waals surface area contributed by atoms with Crippen LogP contribution in [-0.2, 0) is 6.42 Å². The highest BCUT2D eigenvalue weighted by molar-refractivity contribution is 6.34. The average Bonchev–Trinajstić information content (AvgIpc) is 2.73. The number of halogens is 1. The molecule has 5 heteroatoms. The Bertz CT molecular complexity index is 620. The lowest BCUT2D eigenvalue weighted by Crippen LogP contribution is -2.13. The Hall–Kier alpha value is -1.81. The number of nitrogens with one attached hydrogen (secondary N) is 1. The number of carbonyl (C=O) groups is 1. The van der Waals surface area contributed by atoms with Crippen LogP contribution in [0.25, 0.3) is 0 Å². The first-order valence-electron chi connectivity index (χ1n) is 6.05. The number of carbonyl (C=O) groups excluding carboxylic acids is 1. The Labute approximate surface area is 116 Å². The highest BCUT2D eigenvalue weighted by Crippen LogP contribution is 2.22. The molecule has 1 aromatic carbocycles. The number of rotatable bonds is 3. The van der Waals surface area contributed by atoms with Crippen LogP contribution < -0.4 is 5.32 Å². The number of amides is 1. The third kappa shape index (κ3) is 2.79. The van der Waals surface area contributed by atoms with Gasteiger partial charge < -0.3 is 4.52 Å². The van der Waals surface area contributed by atoms with Crippen molar-refractivity contribution in [2.24, 2.45) is 0 Å². The van der Waals surface area contributed by atoms with Crippen molar-refractivity contribution in [2.75, 3.05) is 5.32 Å². The van der Waals surface area contributed by atoms with Gasteiger partial charge in [0.25, 0.3) is 5.91 Å². The van der Waals surface area contributed by atoms with Gasteiger partial charge in [-0.3, -0.25) is 10.1 Å². The quantitative estimate of drug-likeness (QED) is 0.930. The molecule has 0 spiro atoms. The smallest absolute Gasteiger partial charge is 0.259 e. The van der Waals surface area contributed by atoms with Crippen molar-refractivity contribution in [3.05, 3.63) is 45.6 Å². The first-order valence-corrected chi connectivity index (χ1v) is 6.43. The Kier molecular flexibility index (Phi) is 3.90. The minimum Gasteiger partial charge on any atom is -0.338 e. The van der Waals surface area contributed by atoms with Crippen molar-refractivity contribution >= 4 is 23.4 Å². The van der Waals surface area contributed by atoms with E-state index < -0.39 is 0 Å². The Morgan fingerprint density at radius 1 is 1.42 bits per heavy atom. The van der Waals surface area contributed by atoms with Gasteiger partial charge in [0, 0.05) is 5.56 Å². The van der Waals surface area contributed by atoms with Gasteiger partial charge in [-0.25, -0.2) is 0 Å². The summed E-state index contributed by atoms with van der Waals surface area (Å²) >= 11 is 6.02. The van der Waals surface area contributed by atoms with Crippen molar-refractivity contribution in [1.29, 1.82) is 0 Å². The van der Waals surface area contributed by atoms with E-state index >= 15 is 0 Å². The average molecular weight is 279 g/mol. The molecule has 2 rings (SSSR count). The van der Waals surface area contributed by atoms with Crippen molar-refractivity contribution in [3.63, 3.8) is 0 Å². The molecule has 0 atom stereocenters. The number of anilines is 1. The fourth-order valence-electron chi connectivity index (χ4n) is 1.80. The molecule has 100 valence electrons. The number of hydrogen-bond donors (Lipinski definition) is 1. The van der Waals surface area contributed by atoms with Crippen LogP contribution in [0.15, 0.2) is 22.7 Å². The number of nitrogens with zero attached hydrogens (tertiary/aromatic N) is 1. The maximum atomic E-state index is 12.2. The van der Waals surface area contributed by atoms with Gasteiger partial charge in [0.2, 0.25) is 5.88 Å². The fraction of sp³-hybridized carbons (Fsp3) is 0.286. The van der Waals surface area contributed by atoms with Gasteiger partial charge in [0.1, 0.15) is 0 Å². The van der Waals surface area contributed by atoms with Gasteiger partial charge in [-0.2, -0.15) is 0 Å². The molecule has 1 N–H and O–H groups in total. The molecule has 19 heavy (non-hydrogen) atoms. The van der Waals surface area contributed by atoms with E-state index in [-0.39, 0.29) is 5.91 Å². The van der Waals surface area contributed by atoms with E-state index in [1.54, 1.807) is 12.1 Å². The van der Waals surface area contributed by atoms with Crippen LogP contribution >= 0.6 is 11.6 Å². The molecule has 4 nitrogen and oxygen atoms in total. The zero-order chi connectivity index (χ0) is 14.0. The molecule has 0 radical (unpaired) electrons. The summed E-state index contributed by atoms with van der Waals surface area (Å²) in [4.78, 5) is 12.2. The van der Waals surface area contributed by atoms with Crippen LogP contribution in [0.4, 0.5) is 5.88 Å². The standard InChI is InChI=1S/C14H15ClN2O2/c1-4-12-9(3)14(19-17-12)16-13(18)10-7-8(2)5-6-11(10)15/h5-7H,4H2,1-3H3,(H,16,18). The van der Waals surface area contributed by atoms with E-state index in [1.165, 1.54) is 0 Å². The molecule has 0 saturated carbocycles. The highest BCUT2D eigenvalue weighted by atomic mass is 35.5. The molecule has 0 fully saturated rings. The second-order valence-electron chi connectivity index (χ2n) is 4.37. The summed E-state index contributed by atoms with van der Waals surface area (Å²) in [6, 6.07) is 5.30. The summed E-state index contributed by atoms with van der Waals surface area (Å²) in [5.74, 6) is 0.0787. The molecule has 1 amide bonds. The van der Waals surface area contributed by atoms with Gasteiger partial charge in [-0.1, -0.05) is 35.3 Å². The summed E-state index contributed by atoms with van der Waals surface area (Å²) in [6.07, 6.45) is 0.760. The highest BCUT2D eigenvalue weighted by Gasteiger charge is 2.16. The van der Waals surface area contributed by atoms with E-state index in [1.807, 2.05) is 26.8 Å². The molecule has 0 aliphatic heterocycles. The predicted octanol–water partition coefficient (Wildman–Crippen LogP) is 3.76. The number of aromatic nitrogens is 1. The largest absolute Gasteiger partial charge is 0.338 e. The molecule has 0 aliphatic carbocycles. The zero-order valence-corrected chi connectivity index (χ0v) is 11.8. The van der Waals surface area contributed by atoms with Crippen LogP contribution in [0.3, 0.4) is 0 Å². The van der Waals surface area contributed by atoms with E-state index in [4.69, 9.17) is 16.1 Å². The normalized spacial score (nSPS) is 10.5. The number of aryl methyl sites for hydroxylation is 2. The van der Waals surface area contributed by atoms with Crippen molar-refractivity contribution in [3.8, 4) is 0 Å². The zero-order valence-electron chi connectivity index (χ0n) is 11.1. The minimum absolute atomic E-state index is 0.296. The van der Waals surface area contributed by atoms with E-state index in [0.29, 0.717) is 16.5 Å². The molecule has 1 aromatic heterocycles. The van der Waals surface area contributed by atoms with Crippen molar-refractivity contribution in [1.82, 2.24) is 5.16 Å². The first kappa shape index (κ1) is 13.6. The topological polar surface area (TPSA) is 55.1 Å². The fourth-order valence-corrected chi connectivity index (χ4v) is 2.00. The monoisotopic (exact) mass is 278 g/mol. The number of benzene rings is 1. The van der Waals surface area contributed by atoms with Gasteiger partial charge in [-0.15, -0.1) is 0 Å².